The third kappa shape index (κ3) is 3.33. The summed E-state index contributed by atoms with van der Waals surface area (Å²) in [4.78, 5) is 0. The van der Waals surface area contributed by atoms with Gasteiger partial charge < -0.3 is 10.5 Å². The SMILES string of the molecule is N=C(N)c1ccc(Br)cc1Oc1cc(F)ccc1Br. The Morgan fingerprint density at radius 2 is 1.84 bits per heavy atom. The highest BCUT2D eigenvalue weighted by molar-refractivity contribution is 9.10. The molecule has 2 aromatic rings. The zero-order valence-electron chi connectivity index (χ0n) is 9.58. The van der Waals surface area contributed by atoms with Gasteiger partial charge in [-0.05, 0) is 46.3 Å². The minimum atomic E-state index is -0.405. The quantitative estimate of drug-likeness (QED) is 0.604. The molecule has 0 saturated heterocycles. The van der Waals surface area contributed by atoms with Crippen molar-refractivity contribution in [2.75, 3.05) is 0 Å². The summed E-state index contributed by atoms with van der Waals surface area (Å²) in [5.74, 6) is 0.182. The number of rotatable bonds is 3. The van der Waals surface area contributed by atoms with Gasteiger partial charge in [-0.3, -0.25) is 5.41 Å². The minimum absolute atomic E-state index is 0.116. The summed E-state index contributed by atoms with van der Waals surface area (Å²) in [6.07, 6.45) is 0. The number of amidine groups is 1. The molecule has 0 bridgehead atoms. The Morgan fingerprint density at radius 1 is 1.11 bits per heavy atom. The topological polar surface area (TPSA) is 59.1 Å². The first-order chi connectivity index (χ1) is 8.97. The Labute approximate surface area is 126 Å². The van der Waals surface area contributed by atoms with Gasteiger partial charge in [-0.2, -0.15) is 0 Å². The molecule has 6 heteroatoms. The van der Waals surface area contributed by atoms with E-state index in [0.29, 0.717) is 21.5 Å². The van der Waals surface area contributed by atoms with E-state index in [0.717, 1.165) is 4.47 Å². The van der Waals surface area contributed by atoms with E-state index in [1.54, 1.807) is 24.3 Å². The summed E-state index contributed by atoms with van der Waals surface area (Å²) in [6.45, 7) is 0. The Balaban J connectivity index is 2.45. The molecule has 2 aromatic carbocycles. The maximum atomic E-state index is 13.2. The van der Waals surface area contributed by atoms with Crippen LogP contribution in [0.2, 0.25) is 0 Å². The van der Waals surface area contributed by atoms with E-state index in [-0.39, 0.29) is 5.84 Å². The van der Waals surface area contributed by atoms with Gasteiger partial charge in [-0.1, -0.05) is 15.9 Å². The number of ether oxygens (including phenoxy) is 1. The van der Waals surface area contributed by atoms with E-state index < -0.39 is 5.82 Å². The molecule has 0 unspecified atom stereocenters. The lowest BCUT2D eigenvalue weighted by Crippen LogP contribution is -2.12. The Bertz CT molecular complexity index is 647. The molecule has 0 fully saturated rings. The van der Waals surface area contributed by atoms with E-state index in [1.165, 1.54) is 12.1 Å². The van der Waals surface area contributed by atoms with Crippen LogP contribution in [0.3, 0.4) is 0 Å². The smallest absolute Gasteiger partial charge is 0.144 e. The van der Waals surface area contributed by atoms with Crippen LogP contribution in [0.5, 0.6) is 11.5 Å². The molecule has 0 amide bonds. The van der Waals surface area contributed by atoms with Crippen molar-refractivity contribution in [2.24, 2.45) is 5.73 Å². The number of nitrogens with two attached hydrogens (primary N) is 1. The van der Waals surface area contributed by atoms with Crippen LogP contribution >= 0.6 is 31.9 Å². The first-order valence-electron chi connectivity index (χ1n) is 5.24. The third-order valence-electron chi connectivity index (χ3n) is 2.35. The molecular weight excluding hydrogens is 379 g/mol. The number of nitrogen functional groups attached to an aromatic ring is 1. The van der Waals surface area contributed by atoms with E-state index in [1.807, 2.05) is 0 Å². The molecular formula is C13H9Br2FN2O. The van der Waals surface area contributed by atoms with Crippen LogP contribution in [-0.2, 0) is 0 Å². The summed E-state index contributed by atoms with van der Waals surface area (Å²) >= 11 is 6.59. The zero-order valence-corrected chi connectivity index (χ0v) is 12.8. The Kier molecular flexibility index (Phi) is 4.21. The highest BCUT2D eigenvalue weighted by Gasteiger charge is 2.11. The summed E-state index contributed by atoms with van der Waals surface area (Å²) in [5.41, 5.74) is 5.93. The van der Waals surface area contributed by atoms with Crippen molar-refractivity contribution in [1.29, 1.82) is 5.41 Å². The lowest BCUT2D eigenvalue weighted by Gasteiger charge is -2.12. The largest absolute Gasteiger partial charge is 0.455 e. The second-order valence-corrected chi connectivity index (χ2v) is 5.50. The van der Waals surface area contributed by atoms with E-state index in [9.17, 15) is 4.39 Å². The highest BCUT2D eigenvalue weighted by atomic mass is 79.9. The fraction of sp³-hybridized carbons (Fsp3) is 0. The van der Waals surface area contributed by atoms with Crippen molar-refractivity contribution >= 4 is 37.7 Å². The maximum Gasteiger partial charge on any atom is 0.144 e. The van der Waals surface area contributed by atoms with Crippen LogP contribution < -0.4 is 10.5 Å². The second-order valence-electron chi connectivity index (χ2n) is 3.73. The molecule has 2 rings (SSSR count). The van der Waals surface area contributed by atoms with Crippen LogP contribution in [0.25, 0.3) is 0 Å². The molecule has 3 nitrogen and oxygen atoms in total. The number of halogens is 3. The monoisotopic (exact) mass is 386 g/mol. The molecule has 3 N–H and O–H groups in total. The van der Waals surface area contributed by atoms with Gasteiger partial charge in [0.1, 0.15) is 23.2 Å². The average molecular weight is 388 g/mol. The number of nitrogens with one attached hydrogen (secondary N) is 1. The zero-order chi connectivity index (χ0) is 14.0. The van der Waals surface area contributed by atoms with Crippen molar-refractivity contribution < 1.29 is 9.13 Å². The first kappa shape index (κ1) is 14.0. The number of hydrogen-bond acceptors (Lipinski definition) is 2. The molecule has 0 spiro atoms. The van der Waals surface area contributed by atoms with Crippen molar-refractivity contribution in [1.82, 2.24) is 0 Å². The van der Waals surface area contributed by atoms with Gasteiger partial charge in [0.25, 0.3) is 0 Å². The molecule has 0 aromatic heterocycles. The van der Waals surface area contributed by atoms with Crippen LogP contribution in [0, 0.1) is 11.2 Å². The van der Waals surface area contributed by atoms with E-state index in [2.05, 4.69) is 31.9 Å². The highest BCUT2D eigenvalue weighted by Crippen LogP contribution is 2.33. The van der Waals surface area contributed by atoms with E-state index >= 15 is 0 Å². The lowest BCUT2D eigenvalue weighted by atomic mass is 10.2. The fourth-order valence-corrected chi connectivity index (χ4v) is 2.14. The predicted molar refractivity (Wildman–Crippen MR) is 79.3 cm³/mol. The third-order valence-corrected chi connectivity index (χ3v) is 3.50. The van der Waals surface area contributed by atoms with Crippen LogP contribution in [0.4, 0.5) is 4.39 Å². The fourth-order valence-electron chi connectivity index (χ4n) is 1.48. The Hall–Kier alpha value is -1.40. The molecule has 0 aliphatic carbocycles. The molecule has 0 atom stereocenters. The standard InChI is InChI=1S/C13H9Br2FN2O/c14-7-1-3-9(13(17)18)11(5-7)19-12-6-8(16)2-4-10(12)15/h1-6H,(H3,17,18). The van der Waals surface area contributed by atoms with Crippen molar-refractivity contribution in [3.05, 3.63) is 56.7 Å². The summed E-state index contributed by atoms with van der Waals surface area (Å²) < 4.78 is 20.2. The van der Waals surface area contributed by atoms with Gasteiger partial charge in [0, 0.05) is 10.5 Å². The van der Waals surface area contributed by atoms with Gasteiger partial charge in [0.2, 0.25) is 0 Å². The van der Waals surface area contributed by atoms with Crippen LogP contribution in [-0.4, -0.2) is 5.84 Å². The molecule has 98 valence electrons. The summed E-state index contributed by atoms with van der Waals surface area (Å²) in [6, 6.07) is 9.22. The molecule has 0 aliphatic rings. The van der Waals surface area contributed by atoms with Gasteiger partial charge in [0.05, 0.1) is 10.0 Å². The van der Waals surface area contributed by atoms with Crippen LogP contribution in [0.15, 0.2) is 45.3 Å². The van der Waals surface area contributed by atoms with Crippen LogP contribution in [0.1, 0.15) is 5.56 Å². The van der Waals surface area contributed by atoms with Gasteiger partial charge in [-0.25, -0.2) is 4.39 Å². The first-order valence-corrected chi connectivity index (χ1v) is 6.83. The second kappa shape index (κ2) is 5.71. The van der Waals surface area contributed by atoms with Crippen molar-refractivity contribution in [3.8, 4) is 11.5 Å². The minimum Gasteiger partial charge on any atom is -0.455 e. The van der Waals surface area contributed by atoms with Crippen molar-refractivity contribution in [3.63, 3.8) is 0 Å². The van der Waals surface area contributed by atoms with Crippen molar-refractivity contribution in [2.45, 2.75) is 0 Å². The normalized spacial score (nSPS) is 10.3. The lowest BCUT2D eigenvalue weighted by molar-refractivity contribution is 0.472. The maximum absolute atomic E-state index is 13.2. The average Bonchev–Trinajstić information content (AvgIpc) is 2.33. The predicted octanol–water partition coefficient (Wildman–Crippen LogP) is 4.43. The summed E-state index contributed by atoms with van der Waals surface area (Å²) in [5, 5.41) is 7.51. The van der Waals surface area contributed by atoms with Gasteiger partial charge in [-0.15, -0.1) is 0 Å². The molecule has 0 saturated carbocycles. The van der Waals surface area contributed by atoms with Gasteiger partial charge >= 0.3 is 0 Å². The molecule has 0 aliphatic heterocycles. The van der Waals surface area contributed by atoms with E-state index in [4.69, 9.17) is 15.9 Å². The molecule has 19 heavy (non-hydrogen) atoms. The Morgan fingerprint density at radius 3 is 2.53 bits per heavy atom. The molecule has 0 heterocycles. The number of benzene rings is 2. The van der Waals surface area contributed by atoms with Gasteiger partial charge in [0.15, 0.2) is 0 Å². The molecule has 0 radical (unpaired) electrons. The summed E-state index contributed by atoms with van der Waals surface area (Å²) in [7, 11) is 0. The number of hydrogen-bond donors (Lipinski definition) is 2.